The molecule has 4 aromatic rings. The summed E-state index contributed by atoms with van der Waals surface area (Å²) in [5.41, 5.74) is 4.85. The molecule has 3 aromatic heterocycles. The summed E-state index contributed by atoms with van der Waals surface area (Å²) in [6.07, 6.45) is 4.20. The highest BCUT2D eigenvalue weighted by Gasteiger charge is 2.34. The van der Waals surface area contributed by atoms with Crippen molar-refractivity contribution in [3.05, 3.63) is 77.1 Å². The standard InChI is InChI=1S/C20H16ClF2N7/c1-13-5-4-6-14(9-13)10-26-29-17-16-18(28-19(21)27-17)30(12-25-16)11-20(22,23)15-7-2-3-8-24-15/h2-10,12H,11H2,1H3,(H,27,28,29)/b26-10+. The molecule has 0 aliphatic heterocycles. The average molecular weight is 428 g/mol. The monoisotopic (exact) mass is 427 g/mol. The van der Waals surface area contributed by atoms with E-state index in [-0.39, 0.29) is 28.0 Å². The summed E-state index contributed by atoms with van der Waals surface area (Å²) in [5, 5.41) is 4.03. The van der Waals surface area contributed by atoms with Crippen LogP contribution in [0.1, 0.15) is 16.8 Å². The lowest BCUT2D eigenvalue weighted by molar-refractivity contribution is -0.0256. The van der Waals surface area contributed by atoms with Gasteiger partial charge in [-0.25, -0.2) is 4.98 Å². The number of rotatable bonds is 6. The number of benzene rings is 1. The van der Waals surface area contributed by atoms with Gasteiger partial charge < -0.3 is 4.57 Å². The third-order valence-electron chi connectivity index (χ3n) is 4.27. The zero-order chi connectivity index (χ0) is 21.1. The predicted molar refractivity (Wildman–Crippen MR) is 111 cm³/mol. The molecule has 1 aromatic carbocycles. The van der Waals surface area contributed by atoms with Crippen LogP contribution in [0, 0.1) is 6.92 Å². The van der Waals surface area contributed by atoms with Crippen molar-refractivity contribution in [2.24, 2.45) is 5.10 Å². The Hall–Kier alpha value is -3.46. The van der Waals surface area contributed by atoms with Crippen LogP contribution in [0.15, 0.2) is 60.1 Å². The van der Waals surface area contributed by atoms with Crippen molar-refractivity contribution in [3.63, 3.8) is 0 Å². The maximum atomic E-state index is 14.6. The van der Waals surface area contributed by atoms with Crippen LogP contribution >= 0.6 is 11.6 Å². The van der Waals surface area contributed by atoms with Crippen LogP contribution in [0.3, 0.4) is 0 Å². The summed E-state index contributed by atoms with van der Waals surface area (Å²) in [4.78, 5) is 16.0. The summed E-state index contributed by atoms with van der Waals surface area (Å²) < 4.78 is 30.5. The molecule has 3 heterocycles. The number of pyridine rings is 1. The quantitative estimate of drug-likeness (QED) is 0.280. The summed E-state index contributed by atoms with van der Waals surface area (Å²) in [6, 6.07) is 12.1. The number of fused-ring (bicyclic) bond motifs is 1. The van der Waals surface area contributed by atoms with Gasteiger partial charge in [0, 0.05) is 6.20 Å². The Morgan fingerprint density at radius 1 is 1.17 bits per heavy atom. The maximum Gasteiger partial charge on any atom is 0.307 e. The van der Waals surface area contributed by atoms with E-state index >= 15 is 0 Å². The van der Waals surface area contributed by atoms with Crippen LogP contribution in [-0.2, 0) is 12.5 Å². The molecule has 0 amide bonds. The summed E-state index contributed by atoms with van der Waals surface area (Å²) in [7, 11) is 0. The van der Waals surface area contributed by atoms with E-state index in [4.69, 9.17) is 11.6 Å². The van der Waals surface area contributed by atoms with E-state index in [0.29, 0.717) is 0 Å². The molecule has 0 spiro atoms. The van der Waals surface area contributed by atoms with Gasteiger partial charge in [0.2, 0.25) is 5.28 Å². The number of alkyl halides is 2. The first-order valence-electron chi connectivity index (χ1n) is 8.96. The molecule has 10 heteroatoms. The Labute approximate surface area is 175 Å². The third-order valence-corrected chi connectivity index (χ3v) is 4.44. The van der Waals surface area contributed by atoms with Crippen LogP contribution in [0.25, 0.3) is 11.2 Å². The number of aromatic nitrogens is 5. The Balaban J connectivity index is 1.61. The van der Waals surface area contributed by atoms with Gasteiger partial charge in [0.1, 0.15) is 5.69 Å². The van der Waals surface area contributed by atoms with Crippen LogP contribution in [0.4, 0.5) is 14.6 Å². The Morgan fingerprint density at radius 2 is 2.03 bits per heavy atom. The Morgan fingerprint density at radius 3 is 2.80 bits per heavy atom. The SMILES string of the molecule is Cc1cccc(/C=N/Nc2nc(Cl)nc3c2ncn3CC(F)(F)c2ccccn2)c1. The van der Waals surface area contributed by atoms with Gasteiger partial charge in [0.15, 0.2) is 17.0 Å². The van der Waals surface area contributed by atoms with E-state index < -0.39 is 12.5 Å². The van der Waals surface area contributed by atoms with Crippen LogP contribution < -0.4 is 5.43 Å². The summed E-state index contributed by atoms with van der Waals surface area (Å²) >= 11 is 6.00. The number of nitrogens with one attached hydrogen (secondary N) is 1. The zero-order valence-electron chi connectivity index (χ0n) is 15.8. The highest BCUT2D eigenvalue weighted by Crippen LogP contribution is 2.30. The minimum atomic E-state index is -3.22. The fourth-order valence-corrected chi connectivity index (χ4v) is 3.07. The van der Waals surface area contributed by atoms with Crippen molar-refractivity contribution in [1.29, 1.82) is 0 Å². The van der Waals surface area contributed by atoms with Gasteiger partial charge >= 0.3 is 5.92 Å². The summed E-state index contributed by atoms with van der Waals surface area (Å²) in [6.45, 7) is 1.28. The molecule has 152 valence electrons. The van der Waals surface area contributed by atoms with Crippen molar-refractivity contribution in [2.45, 2.75) is 19.4 Å². The number of nitrogens with zero attached hydrogens (tertiary/aromatic N) is 6. The minimum Gasteiger partial charge on any atom is -0.309 e. The van der Waals surface area contributed by atoms with Gasteiger partial charge in [-0.15, -0.1) is 0 Å². The number of halogens is 3. The molecule has 1 N–H and O–H groups in total. The Bertz CT molecular complexity index is 1210. The second-order valence-corrected chi connectivity index (χ2v) is 6.93. The van der Waals surface area contributed by atoms with Gasteiger partial charge in [-0.2, -0.15) is 23.9 Å². The second-order valence-electron chi connectivity index (χ2n) is 6.59. The molecule has 0 unspecified atom stereocenters. The van der Waals surface area contributed by atoms with Gasteiger partial charge in [0.25, 0.3) is 0 Å². The van der Waals surface area contributed by atoms with E-state index in [9.17, 15) is 8.78 Å². The molecule has 0 saturated carbocycles. The molecule has 0 aliphatic rings. The van der Waals surface area contributed by atoms with Crippen LogP contribution in [0.5, 0.6) is 0 Å². The fraction of sp³-hybridized carbons (Fsp3) is 0.150. The third kappa shape index (κ3) is 4.25. The minimum absolute atomic E-state index is 0.112. The highest BCUT2D eigenvalue weighted by atomic mass is 35.5. The van der Waals surface area contributed by atoms with Gasteiger partial charge in [-0.1, -0.05) is 35.9 Å². The van der Waals surface area contributed by atoms with Crippen molar-refractivity contribution in [3.8, 4) is 0 Å². The average Bonchev–Trinajstić information content (AvgIpc) is 3.11. The fourth-order valence-electron chi connectivity index (χ4n) is 2.90. The van der Waals surface area contributed by atoms with E-state index in [1.54, 1.807) is 12.3 Å². The van der Waals surface area contributed by atoms with Gasteiger partial charge in [0.05, 0.1) is 19.1 Å². The largest absolute Gasteiger partial charge is 0.309 e. The lowest BCUT2D eigenvalue weighted by atomic mass is 10.2. The lowest BCUT2D eigenvalue weighted by Crippen LogP contribution is -2.22. The molecule has 0 atom stereocenters. The number of aryl methyl sites for hydroxylation is 1. The van der Waals surface area contributed by atoms with Crippen LogP contribution in [0.2, 0.25) is 5.28 Å². The lowest BCUT2D eigenvalue weighted by Gasteiger charge is -2.16. The Kier molecular flexibility index (Phi) is 5.37. The van der Waals surface area contributed by atoms with Gasteiger partial charge in [-0.05, 0) is 36.2 Å². The molecule has 4 rings (SSSR count). The predicted octanol–water partition coefficient (Wildman–Crippen LogP) is 4.42. The van der Waals surface area contributed by atoms with E-state index in [1.165, 1.54) is 29.2 Å². The molecule has 0 radical (unpaired) electrons. The molecule has 7 nitrogen and oxygen atoms in total. The van der Waals surface area contributed by atoms with Crippen molar-refractivity contribution in [1.82, 2.24) is 24.5 Å². The normalized spacial score (nSPS) is 12.0. The number of anilines is 1. The molecule has 0 aliphatic carbocycles. The topological polar surface area (TPSA) is 80.9 Å². The molecule has 0 fully saturated rings. The first-order valence-corrected chi connectivity index (χ1v) is 9.34. The maximum absolute atomic E-state index is 14.6. The molecular weight excluding hydrogens is 412 g/mol. The van der Waals surface area contributed by atoms with E-state index in [0.717, 1.165) is 11.1 Å². The second kappa shape index (κ2) is 8.11. The van der Waals surface area contributed by atoms with Crippen molar-refractivity contribution in [2.75, 3.05) is 5.43 Å². The van der Waals surface area contributed by atoms with E-state index in [2.05, 4.69) is 30.5 Å². The van der Waals surface area contributed by atoms with Crippen molar-refractivity contribution < 1.29 is 8.78 Å². The number of hydrogen-bond donors (Lipinski definition) is 1. The molecule has 0 saturated heterocycles. The zero-order valence-corrected chi connectivity index (χ0v) is 16.6. The van der Waals surface area contributed by atoms with Crippen LogP contribution in [-0.4, -0.2) is 30.7 Å². The smallest absolute Gasteiger partial charge is 0.307 e. The summed E-state index contributed by atoms with van der Waals surface area (Å²) in [5.74, 6) is -3.00. The molecular formula is C20H16ClF2N7. The van der Waals surface area contributed by atoms with Crippen molar-refractivity contribution >= 4 is 34.8 Å². The number of imidazole rings is 1. The first-order chi connectivity index (χ1) is 14.4. The molecule has 30 heavy (non-hydrogen) atoms. The highest BCUT2D eigenvalue weighted by molar-refractivity contribution is 6.28. The first kappa shape index (κ1) is 19.8. The van der Waals surface area contributed by atoms with Gasteiger partial charge in [-0.3, -0.25) is 10.4 Å². The number of hydrogen-bond acceptors (Lipinski definition) is 6. The van der Waals surface area contributed by atoms with E-state index in [1.807, 2.05) is 31.2 Å². The molecule has 0 bridgehead atoms. The number of hydrazone groups is 1.